The second kappa shape index (κ2) is 6.73. The maximum Gasteiger partial charge on any atom is 0.137 e. The van der Waals surface area contributed by atoms with E-state index >= 15 is 0 Å². The normalized spacial score (nSPS) is 15.9. The zero-order valence-electron chi connectivity index (χ0n) is 13.6. The summed E-state index contributed by atoms with van der Waals surface area (Å²) in [5.41, 5.74) is 5.02. The summed E-state index contributed by atoms with van der Waals surface area (Å²) in [5, 5.41) is 9.72. The van der Waals surface area contributed by atoms with Gasteiger partial charge < -0.3 is 14.2 Å². The monoisotopic (exact) mass is 323 g/mol. The van der Waals surface area contributed by atoms with E-state index in [9.17, 15) is 5.11 Å². The van der Waals surface area contributed by atoms with Gasteiger partial charge in [0.05, 0.1) is 31.2 Å². The molecule has 0 unspecified atom stereocenters. The van der Waals surface area contributed by atoms with Gasteiger partial charge in [-0.1, -0.05) is 30.3 Å². The molecule has 0 spiro atoms. The highest BCUT2D eigenvalue weighted by atomic mass is 16.5. The number of aromatic nitrogens is 2. The highest BCUT2D eigenvalue weighted by Crippen LogP contribution is 2.23. The van der Waals surface area contributed by atoms with E-state index in [1.54, 1.807) is 0 Å². The average Bonchev–Trinajstić information content (AvgIpc) is 3.00. The molecule has 2 aromatic heterocycles. The molecule has 3 aromatic rings. The van der Waals surface area contributed by atoms with Gasteiger partial charge >= 0.3 is 0 Å². The van der Waals surface area contributed by atoms with Crippen molar-refractivity contribution in [1.82, 2.24) is 14.3 Å². The number of pyridine rings is 1. The smallest absolute Gasteiger partial charge is 0.137 e. The molecule has 1 fully saturated rings. The van der Waals surface area contributed by atoms with Crippen LogP contribution in [0.1, 0.15) is 11.4 Å². The fourth-order valence-corrected chi connectivity index (χ4v) is 3.21. The van der Waals surface area contributed by atoms with Gasteiger partial charge in [-0.05, 0) is 23.3 Å². The Kier molecular flexibility index (Phi) is 4.30. The third-order valence-corrected chi connectivity index (χ3v) is 4.53. The lowest BCUT2D eigenvalue weighted by molar-refractivity contribution is 0.0332. The summed E-state index contributed by atoms with van der Waals surface area (Å²) in [4.78, 5) is 6.93. The van der Waals surface area contributed by atoms with Gasteiger partial charge in [-0.2, -0.15) is 0 Å². The first-order valence-corrected chi connectivity index (χ1v) is 8.31. The molecule has 0 saturated carbocycles. The number of fused-ring (bicyclic) bond motifs is 1. The van der Waals surface area contributed by atoms with Gasteiger partial charge in [0, 0.05) is 25.8 Å². The quantitative estimate of drug-likeness (QED) is 0.800. The van der Waals surface area contributed by atoms with E-state index < -0.39 is 0 Å². The van der Waals surface area contributed by atoms with Crippen molar-refractivity contribution in [2.75, 3.05) is 26.3 Å². The molecule has 1 saturated heterocycles. The number of morpholine rings is 1. The van der Waals surface area contributed by atoms with Gasteiger partial charge in [0.1, 0.15) is 5.65 Å². The lowest BCUT2D eigenvalue weighted by Gasteiger charge is -2.26. The second-order valence-electron chi connectivity index (χ2n) is 6.06. The molecule has 0 radical (unpaired) electrons. The summed E-state index contributed by atoms with van der Waals surface area (Å²) in [7, 11) is 0. The molecule has 1 N–H and O–H groups in total. The largest absolute Gasteiger partial charge is 0.390 e. The Labute approximate surface area is 141 Å². The lowest BCUT2D eigenvalue weighted by atomic mass is 10.1. The molecule has 3 heterocycles. The molecule has 4 rings (SSSR count). The van der Waals surface area contributed by atoms with Crippen LogP contribution >= 0.6 is 0 Å². The van der Waals surface area contributed by atoms with Crippen LogP contribution in [0.3, 0.4) is 0 Å². The van der Waals surface area contributed by atoms with Crippen molar-refractivity contribution in [3.8, 4) is 11.1 Å². The van der Waals surface area contributed by atoms with E-state index in [2.05, 4.69) is 38.7 Å². The van der Waals surface area contributed by atoms with E-state index in [1.807, 2.05) is 24.3 Å². The van der Waals surface area contributed by atoms with Crippen LogP contribution in [0, 0.1) is 0 Å². The van der Waals surface area contributed by atoms with E-state index in [0.717, 1.165) is 55.4 Å². The minimum absolute atomic E-state index is 0.0397. The Hall–Kier alpha value is -2.21. The summed E-state index contributed by atoms with van der Waals surface area (Å²) in [6.07, 6.45) is 2.12. The van der Waals surface area contributed by atoms with Gasteiger partial charge in [0.2, 0.25) is 0 Å². The van der Waals surface area contributed by atoms with Crippen molar-refractivity contribution in [2.45, 2.75) is 13.2 Å². The Morgan fingerprint density at radius 1 is 1.00 bits per heavy atom. The van der Waals surface area contributed by atoms with Crippen molar-refractivity contribution < 1.29 is 9.84 Å². The van der Waals surface area contributed by atoms with Crippen molar-refractivity contribution in [1.29, 1.82) is 0 Å². The fourth-order valence-electron chi connectivity index (χ4n) is 3.21. The number of hydrogen-bond donors (Lipinski definition) is 1. The van der Waals surface area contributed by atoms with Crippen LogP contribution in [0.2, 0.25) is 0 Å². The van der Waals surface area contributed by atoms with E-state index in [1.165, 1.54) is 5.56 Å². The fraction of sp³-hybridized carbons (Fsp3) is 0.316. The molecule has 1 aromatic carbocycles. The molecule has 5 nitrogen and oxygen atoms in total. The number of imidazole rings is 1. The first-order chi connectivity index (χ1) is 11.8. The van der Waals surface area contributed by atoms with Gasteiger partial charge in [-0.15, -0.1) is 0 Å². The van der Waals surface area contributed by atoms with E-state index in [4.69, 9.17) is 4.74 Å². The number of ether oxygens (including phenoxy) is 1. The SMILES string of the molecule is OCc1nc2ccc(-c3ccccc3)cn2c1CN1CCOCC1. The van der Waals surface area contributed by atoms with Crippen LogP contribution in [-0.4, -0.2) is 45.7 Å². The number of nitrogens with zero attached hydrogens (tertiary/aromatic N) is 3. The summed E-state index contributed by atoms with van der Waals surface area (Å²) >= 11 is 0. The molecule has 0 aliphatic carbocycles. The number of aliphatic hydroxyl groups excluding tert-OH is 1. The Balaban J connectivity index is 1.75. The van der Waals surface area contributed by atoms with Crippen LogP contribution in [0.4, 0.5) is 0 Å². The molecular weight excluding hydrogens is 302 g/mol. The number of hydrogen-bond acceptors (Lipinski definition) is 4. The number of aliphatic hydroxyl groups is 1. The molecule has 0 bridgehead atoms. The molecule has 0 atom stereocenters. The molecule has 1 aliphatic heterocycles. The van der Waals surface area contributed by atoms with Crippen LogP contribution in [0.25, 0.3) is 16.8 Å². The maximum absolute atomic E-state index is 9.72. The molecule has 5 heteroatoms. The molecule has 1 aliphatic rings. The van der Waals surface area contributed by atoms with Crippen LogP contribution in [0.15, 0.2) is 48.7 Å². The topological polar surface area (TPSA) is 50.0 Å². The van der Waals surface area contributed by atoms with Gasteiger partial charge in [-0.3, -0.25) is 4.90 Å². The zero-order chi connectivity index (χ0) is 16.4. The Morgan fingerprint density at radius 2 is 1.79 bits per heavy atom. The molecule has 0 amide bonds. The van der Waals surface area contributed by atoms with Crippen molar-refractivity contribution in [2.24, 2.45) is 0 Å². The molecular formula is C19H21N3O2. The average molecular weight is 323 g/mol. The first-order valence-electron chi connectivity index (χ1n) is 8.31. The minimum atomic E-state index is -0.0397. The Morgan fingerprint density at radius 3 is 2.54 bits per heavy atom. The zero-order valence-corrected chi connectivity index (χ0v) is 13.6. The van der Waals surface area contributed by atoms with Crippen molar-refractivity contribution in [3.63, 3.8) is 0 Å². The van der Waals surface area contributed by atoms with Crippen LogP contribution < -0.4 is 0 Å². The third-order valence-electron chi connectivity index (χ3n) is 4.53. The summed E-state index contributed by atoms with van der Waals surface area (Å²) in [5.74, 6) is 0. The third kappa shape index (κ3) is 2.94. The lowest BCUT2D eigenvalue weighted by Crippen LogP contribution is -2.36. The van der Waals surface area contributed by atoms with Gasteiger partial charge in [-0.25, -0.2) is 4.98 Å². The maximum atomic E-state index is 9.72. The van der Waals surface area contributed by atoms with Crippen molar-refractivity contribution >= 4 is 5.65 Å². The van der Waals surface area contributed by atoms with E-state index in [-0.39, 0.29) is 6.61 Å². The molecule has 24 heavy (non-hydrogen) atoms. The van der Waals surface area contributed by atoms with Crippen molar-refractivity contribution in [3.05, 3.63) is 60.0 Å². The van der Waals surface area contributed by atoms with Crippen LogP contribution in [-0.2, 0) is 17.9 Å². The van der Waals surface area contributed by atoms with E-state index in [0.29, 0.717) is 0 Å². The minimum Gasteiger partial charge on any atom is -0.390 e. The summed E-state index contributed by atoms with van der Waals surface area (Å²) in [6, 6.07) is 14.4. The van der Waals surface area contributed by atoms with Gasteiger partial charge in [0.25, 0.3) is 0 Å². The summed E-state index contributed by atoms with van der Waals surface area (Å²) in [6.45, 7) is 4.09. The van der Waals surface area contributed by atoms with Crippen LogP contribution in [0.5, 0.6) is 0 Å². The predicted octanol–water partition coefficient (Wildman–Crippen LogP) is 2.33. The predicted molar refractivity (Wildman–Crippen MR) is 92.6 cm³/mol. The Bertz CT molecular complexity index is 823. The highest BCUT2D eigenvalue weighted by molar-refractivity contribution is 5.65. The summed E-state index contributed by atoms with van der Waals surface area (Å²) < 4.78 is 7.54. The standard InChI is InChI=1S/C19H21N3O2/c23-14-17-18(13-21-8-10-24-11-9-21)22-12-16(6-7-19(22)20-17)15-4-2-1-3-5-15/h1-7,12,23H,8-11,13-14H2. The number of rotatable bonds is 4. The first kappa shape index (κ1) is 15.3. The second-order valence-corrected chi connectivity index (χ2v) is 6.06. The molecule has 124 valence electrons. The van der Waals surface area contributed by atoms with Gasteiger partial charge in [0.15, 0.2) is 0 Å². The number of benzene rings is 1. The highest BCUT2D eigenvalue weighted by Gasteiger charge is 2.17.